The number of aromatic hydroxyl groups is 1. The fourth-order valence-electron chi connectivity index (χ4n) is 9.79. The van der Waals surface area contributed by atoms with E-state index in [1.54, 1.807) is 38.2 Å². The Morgan fingerprint density at radius 2 is 1.16 bits per heavy atom. The Labute approximate surface area is 470 Å². The number of hydrogen-bond donors (Lipinski definition) is 1. The fraction of sp³-hybridized carbons (Fsp3) is 0.229. The molecule has 0 aliphatic carbocycles. The van der Waals surface area contributed by atoms with Crippen LogP contribution in [0.15, 0.2) is 188 Å². The van der Waals surface area contributed by atoms with Crippen LogP contribution in [-0.4, -0.2) is 19.6 Å². The molecule has 0 saturated carbocycles. The lowest BCUT2D eigenvalue weighted by molar-refractivity contribution is 0.446. The molecule has 0 amide bonds. The van der Waals surface area contributed by atoms with Gasteiger partial charge < -0.3 is 5.11 Å². The van der Waals surface area contributed by atoms with Crippen molar-refractivity contribution in [1.82, 2.24) is 14.5 Å². The lowest BCUT2D eigenvalue weighted by Gasteiger charge is -2.28. The molecule has 0 bridgehead atoms. The van der Waals surface area contributed by atoms with E-state index in [4.69, 9.17) is 36.0 Å². The van der Waals surface area contributed by atoms with Crippen LogP contribution in [0, 0.1) is 6.85 Å². The molecule has 74 heavy (non-hydrogen) atoms. The van der Waals surface area contributed by atoms with Gasteiger partial charge in [-0.3, -0.25) is 9.55 Å². The molecule has 10 rings (SSSR count). The SMILES string of the molecule is [2H]C([2H])([2H])c1cc(-c2c(-c3ccccc3)cccc2C(C)(C)C)ccc1-n1c(-c2cc(C(C([2H])([2H])[2H])(C([2H])([2H])[2H])C([2H])([2H])[2H])cc(C(C([2H])([2H])[2H])(C([2H])([2H])[2H])C([2H])([2H])[2H])c2O)nc2c(-c3cc(-c4ccccc4)cc(-c4cc(-c5ccc(C([2H])(C)C)cc5)ccn4)c3)cccc21. The maximum atomic E-state index is 13.2. The van der Waals surface area contributed by atoms with Crippen LogP contribution >= 0.6 is 0 Å². The zero-order valence-electron chi connectivity index (χ0n) is 63.7. The molecule has 2 heterocycles. The lowest BCUT2D eigenvalue weighted by atomic mass is 9.78. The highest BCUT2D eigenvalue weighted by Crippen LogP contribution is 2.47. The van der Waals surface area contributed by atoms with Crippen LogP contribution in [0.4, 0.5) is 0 Å². The molecule has 0 aliphatic rings. The Morgan fingerprint density at radius 3 is 1.85 bits per heavy atom. The maximum absolute atomic E-state index is 13.2. The Kier molecular flexibility index (Phi) is 7.73. The van der Waals surface area contributed by atoms with E-state index in [-0.39, 0.29) is 33.9 Å². The molecule has 0 radical (unpaired) electrons. The number of pyridine rings is 1. The van der Waals surface area contributed by atoms with Crippen LogP contribution in [-0.2, 0) is 16.2 Å². The van der Waals surface area contributed by atoms with Crippen molar-refractivity contribution in [2.45, 2.75) is 105 Å². The van der Waals surface area contributed by atoms with E-state index >= 15 is 0 Å². The topological polar surface area (TPSA) is 50.9 Å². The molecule has 0 fully saturated rings. The molecular weight excluding hydrogens is 899 g/mol. The van der Waals surface area contributed by atoms with Gasteiger partial charge in [0.1, 0.15) is 11.6 Å². The van der Waals surface area contributed by atoms with E-state index in [2.05, 4.69) is 0 Å². The summed E-state index contributed by atoms with van der Waals surface area (Å²) in [6.45, 7) is -18.7. The van der Waals surface area contributed by atoms with Gasteiger partial charge in [-0.05, 0) is 156 Å². The summed E-state index contributed by atoms with van der Waals surface area (Å²) in [7, 11) is 0. The van der Waals surface area contributed by atoms with E-state index in [0.717, 1.165) is 38.9 Å². The van der Waals surface area contributed by atoms with Crippen molar-refractivity contribution in [3.8, 4) is 89.7 Å². The van der Waals surface area contributed by atoms with E-state index < -0.39 is 98.4 Å². The number of rotatable bonds is 9. The number of para-hydroxylation sites is 1. The van der Waals surface area contributed by atoms with Crippen molar-refractivity contribution in [1.29, 1.82) is 0 Å². The molecular formula is C70H69N3O. The molecule has 1 N–H and O–H groups in total. The monoisotopic (exact) mass is 990 g/mol. The van der Waals surface area contributed by atoms with Gasteiger partial charge in [-0.1, -0.05) is 203 Å². The second kappa shape index (κ2) is 19.2. The number of nitrogens with zero attached hydrogens (tertiary/aromatic N) is 3. The Balaban J connectivity index is 1.40. The Morgan fingerprint density at radius 1 is 0.514 bits per heavy atom. The van der Waals surface area contributed by atoms with Gasteiger partial charge in [0.2, 0.25) is 0 Å². The van der Waals surface area contributed by atoms with Crippen molar-refractivity contribution < 1.29 is 35.3 Å². The highest BCUT2D eigenvalue weighted by atomic mass is 16.3. The molecule has 4 heteroatoms. The second-order valence-corrected chi connectivity index (χ2v) is 20.1. The van der Waals surface area contributed by atoms with Gasteiger partial charge in [0.05, 0.1) is 28.0 Å². The quantitative estimate of drug-likeness (QED) is 0.157. The summed E-state index contributed by atoms with van der Waals surface area (Å²) in [6.07, 6.45) is 1.65. The molecule has 8 aromatic carbocycles. The number of hydrogen-bond acceptors (Lipinski definition) is 3. The summed E-state index contributed by atoms with van der Waals surface area (Å²) in [5.74, 6) is -3.03. The summed E-state index contributed by atoms with van der Waals surface area (Å²) in [4.78, 5) is 9.97. The van der Waals surface area contributed by atoms with E-state index in [1.807, 2.05) is 154 Å². The number of phenols is 1. The average molecular weight is 990 g/mol. The molecule has 0 atom stereocenters. The minimum absolute atomic E-state index is 0.0146. The summed E-state index contributed by atoms with van der Waals surface area (Å²) in [5.41, 5.74) is -4.36. The van der Waals surface area contributed by atoms with Gasteiger partial charge in [-0.2, -0.15) is 0 Å². The van der Waals surface area contributed by atoms with Crippen molar-refractivity contribution in [3.63, 3.8) is 0 Å². The number of imidazole rings is 1. The fourth-order valence-corrected chi connectivity index (χ4v) is 9.79. The first kappa shape index (κ1) is 29.8. The molecule has 0 unspecified atom stereocenters. The van der Waals surface area contributed by atoms with Crippen LogP contribution in [0.1, 0.15) is 140 Å². The Hall–Kier alpha value is -7.82. The molecule has 370 valence electrons. The van der Waals surface area contributed by atoms with Crippen molar-refractivity contribution in [2.75, 3.05) is 0 Å². The predicted octanol–water partition coefficient (Wildman–Crippen LogP) is 19.1. The largest absolute Gasteiger partial charge is 0.507 e. The first-order valence-electron chi connectivity index (χ1n) is 35.3. The lowest BCUT2D eigenvalue weighted by Crippen LogP contribution is -2.17. The third-order valence-corrected chi connectivity index (χ3v) is 13.6. The minimum Gasteiger partial charge on any atom is -0.507 e. The van der Waals surface area contributed by atoms with Gasteiger partial charge in [-0.25, -0.2) is 4.98 Å². The summed E-state index contributed by atoms with van der Waals surface area (Å²) >= 11 is 0. The van der Waals surface area contributed by atoms with Gasteiger partial charge >= 0.3 is 0 Å². The molecule has 10 aromatic rings. The summed E-state index contributed by atoms with van der Waals surface area (Å²) < 4.78 is 198. The first-order valence-corrected chi connectivity index (χ1v) is 24.3. The average Bonchev–Trinajstić information content (AvgIpc) is 0.807. The summed E-state index contributed by atoms with van der Waals surface area (Å²) in [5, 5.41) is 13.2. The van der Waals surface area contributed by atoms with Crippen LogP contribution in [0.5, 0.6) is 5.75 Å². The number of fused-ring (bicyclic) bond motifs is 1. The number of aromatic nitrogens is 3. The third-order valence-electron chi connectivity index (χ3n) is 13.6. The van der Waals surface area contributed by atoms with Gasteiger partial charge in [0.15, 0.2) is 0 Å². The standard InChI is InChI=1S/C70H69N3O/c1-44(2)46-29-31-48(32-30-46)50-35-36-71-61(41-50)54-39-52(47-21-15-13-16-22-47)38-53(40-54)57-26-20-28-63-65(57)72-67(58-42-55(68(4,5)6)43-60(66(58)74)70(10,11)12)73(63)62-34-33-51(37-45(62)3)64-56(49-23-17-14-18-24-49)25-19-27-59(64)69(7,8)9/h13-44,74H,1-12H3/i3D3,4D3,5D3,6D3,10D3,11D3,12D3,44D. The van der Waals surface area contributed by atoms with Gasteiger partial charge in [0, 0.05) is 53.0 Å². The van der Waals surface area contributed by atoms with Crippen molar-refractivity contribution >= 4 is 11.0 Å². The third kappa shape index (κ3) is 9.62. The highest BCUT2D eigenvalue weighted by Gasteiger charge is 2.30. The number of aryl methyl sites for hydroxylation is 1. The van der Waals surface area contributed by atoms with Crippen LogP contribution in [0.3, 0.4) is 0 Å². The smallest absolute Gasteiger partial charge is 0.149 e. The molecule has 2 aromatic heterocycles. The number of phenolic OH excluding ortho intramolecular Hbond substituents is 1. The first-order chi connectivity index (χ1) is 44.3. The number of benzene rings is 8. The predicted molar refractivity (Wildman–Crippen MR) is 314 cm³/mol. The van der Waals surface area contributed by atoms with E-state index in [9.17, 15) is 9.22 Å². The van der Waals surface area contributed by atoms with Crippen molar-refractivity contribution in [3.05, 3.63) is 216 Å². The minimum atomic E-state index is -4.27. The molecule has 0 saturated heterocycles. The van der Waals surface area contributed by atoms with E-state index in [0.29, 0.717) is 39.6 Å². The van der Waals surface area contributed by atoms with Gasteiger partial charge in [-0.15, -0.1) is 0 Å². The van der Waals surface area contributed by atoms with Crippen LogP contribution < -0.4 is 0 Å². The summed E-state index contributed by atoms with van der Waals surface area (Å²) in [6, 6.07) is 51.6. The Bertz CT molecular complexity index is 4490. The van der Waals surface area contributed by atoms with Crippen LogP contribution in [0.2, 0.25) is 0 Å². The molecule has 0 aliphatic heterocycles. The maximum Gasteiger partial charge on any atom is 0.149 e. The highest BCUT2D eigenvalue weighted by molar-refractivity contribution is 5.98. The van der Waals surface area contributed by atoms with E-state index in [1.165, 1.54) is 22.8 Å². The molecule has 4 nitrogen and oxygen atoms in total. The normalized spacial score (nSPS) is 18.0. The van der Waals surface area contributed by atoms with Crippen molar-refractivity contribution in [2.24, 2.45) is 0 Å². The zero-order valence-corrected chi connectivity index (χ0v) is 41.7. The second-order valence-electron chi connectivity index (χ2n) is 20.1. The van der Waals surface area contributed by atoms with Crippen LogP contribution in [0.25, 0.3) is 95.0 Å². The zero-order chi connectivity index (χ0) is 70.7. The van der Waals surface area contributed by atoms with Gasteiger partial charge in [0.25, 0.3) is 0 Å². The molecule has 0 spiro atoms.